The molecule has 2 N–H and O–H groups in total. The molecule has 0 unspecified atom stereocenters. The van der Waals surface area contributed by atoms with E-state index >= 15 is 0 Å². The Labute approximate surface area is 146 Å². The van der Waals surface area contributed by atoms with Gasteiger partial charge < -0.3 is 15.1 Å². The van der Waals surface area contributed by atoms with Crippen LogP contribution in [0.4, 0.5) is 5.69 Å². The summed E-state index contributed by atoms with van der Waals surface area (Å²) in [6.07, 6.45) is -0.975. The number of anilines is 1. The van der Waals surface area contributed by atoms with Crippen molar-refractivity contribution in [1.82, 2.24) is 0 Å². The minimum absolute atomic E-state index is 0.0823. The van der Waals surface area contributed by atoms with E-state index in [1.165, 1.54) is 0 Å². The molecule has 0 aliphatic carbocycles. The van der Waals surface area contributed by atoms with Gasteiger partial charge in [-0.15, -0.1) is 0 Å². The molecule has 0 spiro atoms. The largest absolute Gasteiger partial charge is 0.508 e. The van der Waals surface area contributed by atoms with Crippen LogP contribution in [0.25, 0.3) is 0 Å². The van der Waals surface area contributed by atoms with Gasteiger partial charge in [0, 0.05) is 23.3 Å². The molecule has 2 atom stereocenters. The number of benzene rings is 2. The molecule has 0 bridgehead atoms. The summed E-state index contributed by atoms with van der Waals surface area (Å²) in [4.78, 5) is 1.81. The minimum Gasteiger partial charge on any atom is -0.508 e. The molecule has 128 valence electrons. The fourth-order valence-corrected chi connectivity index (χ4v) is 5.03. The lowest BCUT2D eigenvalue weighted by atomic mass is 10.1. The van der Waals surface area contributed by atoms with Crippen molar-refractivity contribution in [1.29, 1.82) is 0 Å². The summed E-state index contributed by atoms with van der Waals surface area (Å²) < 4.78 is 23.8. The maximum Gasteiger partial charge on any atom is 0.155 e. The lowest BCUT2D eigenvalue weighted by Gasteiger charge is -2.32. The summed E-state index contributed by atoms with van der Waals surface area (Å²) in [5, 5.41) is 20.6. The van der Waals surface area contributed by atoms with Crippen molar-refractivity contribution in [2.24, 2.45) is 0 Å². The number of sulfone groups is 1. The second-order valence-corrected chi connectivity index (χ2v) is 8.58. The number of aromatic hydroxyl groups is 1. The number of halogens is 1. The normalized spacial score (nSPS) is 22.4. The Balaban J connectivity index is 1.98. The zero-order valence-corrected chi connectivity index (χ0v) is 14.4. The van der Waals surface area contributed by atoms with E-state index in [4.69, 9.17) is 11.6 Å². The van der Waals surface area contributed by atoms with Crippen LogP contribution < -0.4 is 4.90 Å². The first kappa shape index (κ1) is 17.1. The molecule has 0 aromatic heterocycles. The van der Waals surface area contributed by atoms with Gasteiger partial charge in [-0.2, -0.15) is 0 Å². The number of aliphatic hydroxyl groups excluding tert-OH is 1. The summed E-state index contributed by atoms with van der Waals surface area (Å²) in [7, 11) is -3.29. The zero-order chi connectivity index (χ0) is 17.3. The first-order valence-electron chi connectivity index (χ1n) is 7.53. The molecule has 2 aromatic carbocycles. The third kappa shape index (κ3) is 3.83. The first-order valence-corrected chi connectivity index (χ1v) is 9.72. The van der Waals surface area contributed by atoms with E-state index in [-0.39, 0.29) is 17.3 Å². The van der Waals surface area contributed by atoms with Gasteiger partial charge in [0.15, 0.2) is 9.84 Å². The van der Waals surface area contributed by atoms with Crippen molar-refractivity contribution in [3.8, 4) is 5.75 Å². The van der Waals surface area contributed by atoms with Gasteiger partial charge in [0.05, 0.1) is 23.7 Å². The van der Waals surface area contributed by atoms with Crippen LogP contribution in [0.15, 0.2) is 48.5 Å². The highest BCUT2D eigenvalue weighted by molar-refractivity contribution is 7.91. The highest BCUT2D eigenvalue weighted by Gasteiger charge is 2.40. The van der Waals surface area contributed by atoms with Crippen molar-refractivity contribution in [2.45, 2.75) is 18.7 Å². The molecule has 0 amide bonds. The van der Waals surface area contributed by atoms with Crippen LogP contribution in [-0.2, 0) is 16.4 Å². The number of hydrogen-bond donors (Lipinski definition) is 2. The second-order valence-electron chi connectivity index (χ2n) is 5.99. The van der Waals surface area contributed by atoms with Crippen LogP contribution in [0.3, 0.4) is 0 Å². The Morgan fingerprint density at radius 2 is 1.88 bits per heavy atom. The number of hydrogen-bond acceptors (Lipinski definition) is 5. The van der Waals surface area contributed by atoms with Crippen molar-refractivity contribution in [2.75, 3.05) is 16.4 Å². The predicted octanol–water partition coefficient (Wildman–Crippen LogP) is 2.21. The number of aliphatic hydroxyl groups is 1. The average molecular weight is 368 g/mol. The predicted molar refractivity (Wildman–Crippen MR) is 94.2 cm³/mol. The summed E-state index contributed by atoms with van der Waals surface area (Å²) in [5.74, 6) is -0.286. The molecule has 24 heavy (non-hydrogen) atoms. The first-order chi connectivity index (χ1) is 11.3. The van der Waals surface area contributed by atoms with Crippen LogP contribution in [0.2, 0.25) is 5.02 Å². The maximum absolute atomic E-state index is 11.9. The highest BCUT2D eigenvalue weighted by atomic mass is 35.5. The Morgan fingerprint density at radius 1 is 1.12 bits per heavy atom. The van der Waals surface area contributed by atoms with E-state index in [0.29, 0.717) is 17.3 Å². The second kappa shape index (κ2) is 6.63. The molecule has 7 heteroatoms. The Morgan fingerprint density at radius 3 is 2.50 bits per heavy atom. The summed E-state index contributed by atoms with van der Waals surface area (Å²) >= 11 is 6.03. The van der Waals surface area contributed by atoms with Gasteiger partial charge >= 0.3 is 0 Å². The smallest absolute Gasteiger partial charge is 0.155 e. The number of phenolic OH excluding ortho intramolecular Hbond substituents is 1. The lowest BCUT2D eigenvalue weighted by Crippen LogP contribution is -2.42. The van der Waals surface area contributed by atoms with Crippen molar-refractivity contribution >= 4 is 27.1 Å². The third-order valence-electron chi connectivity index (χ3n) is 4.10. The van der Waals surface area contributed by atoms with Gasteiger partial charge in [-0.1, -0.05) is 29.8 Å². The number of nitrogens with zero attached hydrogens (tertiary/aromatic N) is 1. The molecule has 1 aliphatic rings. The standard InChI is InChI=1S/C17H18ClNO4S/c18-13-4-1-3-12(7-13)9-19(14-5-2-6-15(20)8-14)16-10-24(22,23)11-17(16)21/h1-8,16-17,20-21H,9-11H2/t16-,17+/m0/s1. The van der Waals surface area contributed by atoms with E-state index < -0.39 is 22.0 Å². The Kier molecular flexibility index (Phi) is 4.71. The van der Waals surface area contributed by atoms with Crippen LogP contribution in [0.5, 0.6) is 5.75 Å². The molecule has 1 saturated heterocycles. The van der Waals surface area contributed by atoms with E-state index in [9.17, 15) is 18.6 Å². The fraction of sp³-hybridized carbons (Fsp3) is 0.294. The summed E-state index contributed by atoms with van der Waals surface area (Å²) in [6.45, 7) is 0.376. The number of rotatable bonds is 4. The topological polar surface area (TPSA) is 77.8 Å². The lowest BCUT2D eigenvalue weighted by molar-refractivity contribution is 0.177. The SMILES string of the molecule is O=S1(=O)C[C@@H](O)[C@@H](N(Cc2cccc(Cl)c2)c2cccc(O)c2)C1. The molecule has 1 heterocycles. The third-order valence-corrected chi connectivity index (χ3v) is 6.03. The molecule has 1 fully saturated rings. The van der Waals surface area contributed by atoms with Crippen LogP contribution in [-0.4, -0.2) is 42.3 Å². The minimum atomic E-state index is -3.29. The molecule has 0 radical (unpaired) electrons. The summed E-state index contributed by atoms with van der Waals surface area (Å²) in [6, 6.07) is 13.3. The van der Waals surface area contributed by atoms with E-state index in [0.717, 1.165) is 5.56 Å². The molecular weight excluding hydrogens is 350 g/mol. The molecule has 2 aromatic rings. The fourth-order valence-electron chi connectivity index (χ4n) is 3.01. The van der Waals surface area contributed by atoms with Gasteiger partial charge in [-0.05, 0) is 29.8 Å². The van der Waals surface area contributed by atoms with Crippen molar-refractivity contribution < 1.29 is 18.6 Å². The van der Waals surface area contributed by atoms with E-state index in [2.05, 4.69) is 0 Å². The van der Waals surface area contributed by atoms with Crippen molar-refractivity contribution in [3.05, 3.63) is 59.1 Å². The number of phenols is 1. The maximum atomic E-state index is 11.9. The van der Waals surface area contributed by atoms with Crippen LogP contribution in [0.1, 0.15) is 5.56 Å². The molecule has 5 nitrogen and oxygen atoms in total. The Hall–Kier alpha value is -1.76. The molecule has 3 rings (SSSR count). The summed E-state index contributed by atoms with van der Waals surface area (Å²) in [5.41, 5.74) is 1.54. The molecule has 1 aliphatic heterocycles. The zero-order valence-electron chi connectivity index (χ0n) is 12.8. The van der Waals surface area contributed by atoms with Gasteiger partial charge in [-0.25, -0.2) is 8.42 Å². The van der Waals surface area contributed by atoms with E-state index in [1.807, 2.05) is 12.1 Å². The monoisotopic (exact) mass is 367 g/mol. The van der Waals surface area contributed by atoms with E-state index in [1.54, 1.807) is 41.3 Å². The van der Waals surface area contributed by atoms with Crippen LogP contribution >= 0.6 is 11.6 Å². The average Bonchev–Trinajstić information content (AvgIpc) is 2.77. The molecule has 0 saturated carbocycles. The quantitative estimate of drug-likeness (QED) is 0.866. The highest BCUT2D eigenvalue weighted by Crippen LogP contribution is 2.29. The van der Waals surface area contributed by atoms with Gasteiger partial charge in [0.25, 0.3) is 0 Å². The van der Waals surface area contributed by atoms with Gasteiger partial charge in [0.1, 0.15) is 5.75 Å². The van der Waals surface area contributed by atoms with Gasteiger partial charge in [0.2, 0.25) is 0 Å². The van der Waals surface area contributed by atoms with Crippen LogP contribution in [0, 0.1) is 0 Å². The van der Waals surface area contributed by atoms with Crippen molar-refractivity contribution in [3.63, 3.8) is 0 Å². The van der Waals surface area contributed by atoms with Gasteiger partial charge in [-0.3, -0.25) is 0 Å². The Bertz CT molecular complexity index is 840. The molecular formula is C17H18ClNO4S.